The Morgan fingerprint density at radius 2 is 2.08 bits per heavy atom. The molecule has 1 aromatic carbocycles. The van der Waals surface area contributed by atoms with Crippen molar-refractivity contribution in [2.45, 2.75) is 77.0 Å². The number of rotatable bonds is 11. The number of anilines is 1. The molecule has 4 rings (SSSR count). The van der Waals surface area contributed by atoms with Crippen LogP contribution in [0.3, 0.4) is 0 Å². The molecule has 0 aliphatic heterocycles. The minimum atomic E-state index is -0.922. The van der Waals surface area contributed by atoms with E-state index < -0.39 is 23.2 Å². The number of hydrogen-bond donors (Lipinski definition) is 2. The van der Waals surface area contributed by atoms with Crippen LogP contribution in [0.2, 0.25) is 0 Å². The quantitative estimate of drug-likeness (QED) is 0.387. The molecule has 2 atom stereocenters. The summed E-state index contributed by atoms with van der Waals surface area (Å²) in [5, 5.41) is 10.4. The first-order valence-corrected chi connectivity index (χ1v) is 13.4. The van der Waals surface area contributed by atoms with Gasteiger partial charge in [0.1, 0.15) is 17.2 Å². The molecule has 9 nitrogen and oxygen atoms in total. The van der Waals surface area contributed by atoms with Crippen molar-refractivity contribution in [3.63, 3.8) is 0 Å². The van der Waals surface area contributed by atoms with Crippen LogP contribution in [-0.2, 0) is 34.5 Å². The number of likely N-dealkylation sites (N-methyl/N-ethyl adjacent to an activating group) is 1. The van der Waals surface area contributed by atoms with Crippen LogP contribution < -0.4 is 10.6 Å². The minimum absolute atomic E-state index is 0.0971. The third-order valence-corrected chi connectivity index (χ3v) is 7.37. The van der Waals surface area contributed by atoms with Gasteiger partial charge >= 0.3 is 0 Å². The highest BCUT2D eigenvalue weighted by atomic mass is 19.1. The summed E-state index contributed by atoms with van der Waals surface area (Å²) in [7, 11) is 1.75. The van der Waals surface area contributed by atoms with E-state index >= 15 is 0 Å². The van der Waals surface area contributed by atoms with Gasteiger partial charge in [-0.2, -0.15) is 5.10 Å². The van der Waals surface area contributed by atoms with Crippen LogP contribution in [0.1, 0.15) is 51.2 Å². The van der Waals surface area contributed by atoms with Gasteiger partial charge in [-0.15, -0.1) is 0 Å². The van der Waals surface area contributed by atoms with Gasteiger partial charge in [-0.1, -0.05) is 13.3 Å². The van der Waals surface area contributed by atoms with Gasteiger partial charge in [0.2, 0.25) is 11.8 Å². The lowest BCUT2D eigenvalue weighted by atomic mass is 9.87. The van der Waals surface area contributed by atoms with Crippen LogP contribution in [0.15, 0.2) is 43.1 Å². The first-order valence-electron chi connectivity index (χ1n) is 13.4. The summed E-state index contributed by atoms with van der Waals surface area (Å²) >= 11 is 0. The number of aryl methyl sites for hydroxylation is 1. The number of imidazole rings is 1. The van der Waals surface area contributed by atoms with E-state index in [1.807, 2.05) is 19.2 Å². The fourth-order valence-electron chi connectivity index (χ4n) is 5.06. The van der Waals surface area contributed by atoms with Gasteiger partial charge < -0.3 is 20.1 Å². The number of fused-ring (bicyclic) bond motifs is 1. The molecular formula is C28H37F2N7O2. The van der Waals surface area contributed by atoms with E-state index in [2.05, 4.69) is 20.7 Å². The number of aromatic nitrogens is 4. The molecule has 0 saturated heterocycles. The normalized spacial score (nSPS) is 16.0. The summed E-state index contributed by atoms with van der Waals surface area (Å²) in [6, 6.07) is 3.54. The van der Waals surface area contributed by atoms with Gasteiger partial charge in [0, 0.05) is 44.3 Å². The number of amides is 2. The summed E-state index contributed by atoms with van der Waals surface area (Å²) in [4.78, 5) is 32.4. The van der Waals surface area contributed by atoms with E-state index in [0.717, 1.165) is 12.5 Å². The highest BCUT2D eigenvalue weighted by Gasteiger charge is 2.33. The van der Waals surface area contributed by atoms with E-state index in [1.54, 1.807) is 47.4 Å². The Kier molecular flexibility index (Phi) is 8.79. The van der Waals surface area contributed by atoms with Crippen LogP contribution in [0, 0.1) is 11.6 Å². The fourth-order valence-corrected chi connectivity index (χ4v) is 5.06. The lowest BCUT2D eigenvalue weighted by Crippen LogP contribution is -2.48. The Morgan fingerprint density at radius 3 is 2.79 bits per heavy atom. The van der Waals surface area contributed by atoms with Crippen LogP contribution in [0.25, 0.3) is 0 Å². The highest BCUT2D eigenvalue weighted by Crippen LogP contribution is 2.26. The zero-order valence-electron chi connectivity index (χ0n) is 23.0. The van der Waals surface area contributed by atoms with Gasteiger partial charge in [0.25, 0.3) is 0 Å². The second kappa shape index (κ2) is 12.1. The van der Waals surface area contributed by atoms with Crippen molar-refractivity contribution in [2.75, 3.05) is 18.9 Å². The largest absolute Gasteiger partial charge is 0.342 e. The predicted octanol–water partition coefficient (Wildman–Crippen LogP) is 3.51. The third-order valence-electron chi connectivity index (χ3n) is 7.37. The molecule has 2 amide bonds. The van der Waals surface area contributed by atoms with Crippen molar-refractivity contribution >= 4 is 17.6 Å². The van der Waals surface area contributed by atoms with Crippen molar-refractivity contribution < 1.29 is 18.4 Å². The van der Waals surface area contributed by atoms with E-state index in [9.17, 15) is 18.4 Å². The van der Waals surface area contributed by atoms with E-state index in [4.69, 9.17) is 0 Å². The maximum Gasteiger partial charge on any atom is 0.248 e. The van der Waals surface area contributed by atoms with Gasteiger partial charge in [0.15, 0.2) is 5.82 Å². The van der Waals surface area contributed by atoms with E-state index in [0.29, 0.717) is 55.7 Å². The summed E-state index contributed by atoms with van der Waals surface area (Å²) < 4.78 is 31.4. The zero-order valence-corrected chi connectivity index (χ0v) is 23.0. The standard InChI is InChI=1S/C28H37F2N7O2/c1-5-7-24(33-21-9-8-19-14-20(29)15-23(30)22(19)16-21)26(38)34-25-17-36(18-31-25)28(2,3)27(39)35(4)12-13-37-11-6-10-32-37/h6,10-11,14-15,17-18,21,24,33H,5,7-9,12-13,16H2,1-4H3,(H,34,38)/t21-,24-/m0/s1. The van der Waals surface area contributed by atoms with Crippen LogP contribution in [0.5, 0.6) is 0 Å². The maximum absolute atomic E-state index is 14.4. The van der Waals surface area contributed by atoms with Crippen molar-refractivity contribution in [1.82, 2.24) is 29.5 Å². The SMILES string of the molecule is CCC[C@H](N[C@H]1CCc2cc(F)cc(F)c2C1)C(=O)Nc1cn(C(C)(C)C(=O)N(C)CCn2cccn2)cn1. The fraction of sp³-hybridized carbons (Fsp3) is 0.500. The molecule has 2 N–H and O–H groups in total. The highest BCUT2D eigenvalue weighted by molar-refractivity contribution is 5.94. The van der Waals surface area contributed by atoms with E-state index in [1.165, 1.54) is 12.4 Å². The molecule has 0 unspecified atom stereocenters. The Hall–Kier alpha value is -3.60. The molecule has 2 heterocycles. The molecule has 39 heavy (non-hydrogen) atoms. The monoisotopic (exact) mass is 541 g/mol. The molecule has 11 heteroatoms. The minimum Gasteiger partial charge on any atom is -0.342 e. The molecule has 1 aliphatic carbocycles. The predicted molar refractivity (Wildman–Crippen MR) is 144 cm³/mol. The summed E-state index contributed by atoms with van der Waals surface area (Å²) in [6.07, 6.45) is 9.73. The van der Waals surface area contributed by atoms with Crippen molar-refractivity contribution in [2.24, 2.45) is 0 Å². The first-order chi connectivity index (χ1) is 18.6. The van der Waals surface area contributed by atoms with Crippen LogP contribution in [-0.4, -0.2) is 61.7 Å². The van der Waals surface area contributed by atoms with Gasteiger partial charge in [0.05, 0.1) is 18.9 Å². The number of nitrogens with one attached hydrogen (secondary N) is 2. The first kappa shape index (κ1) is 28.4. The molecule has 0 fully saturated rings. The molecule has 0 bridgehead atoms. The number of halogens is 2. The number of nitrogens with zero attached hydrogens (tertiary/aromatic N) is 5. The van der Waals surface area contributed by atoms with E-state index in [-0.39, 0.29) is 17.9 Å². The van der Waals surface area contributed by atoms with Crippen LogP contribution >= 0.6 is 0 Å². The van der Waals surface area contributed by atoms with Crippen molar-refractivity contribution in [1.29, 1.82) is 0 Å². The second-order valence-corrected chi connectivity index (χ2v) is 10.7. The average molecular weight is 542 g/mol. The molecule has 0 radical (unpaired) electrons. The molecule has 0 saturated carbocycles. The van der Waals surface area contributed by atoms with Gasteiger partial charge in [-0.3, -0.25) is 14.3 Å². The topological polar surface area (TPSA) is 97.1 Å². The molecule has 3 aromatic rings. The third kappa shape index (κ3) is 6.70. The Balaban J connectivity index is 1.37. The van der Waals surface area contributed by atoms with Crippen LogP contribution in [0.4, 0.5) is 14.6 Å². The average Bonchev–Trinajstić information content (AvgIpc) is 3.59. The molecule has 0 spiro atoms. The Labute approximate surface area is 227 Å². The molecule has 2 aromatic heterocycles. The Morgan fingerprint density at radius 1 is 1.28 bits per heavy atom. The molecule has 210 valence electrons. The van der Waals surface area contributed by atoms with Gasteiger partial charge in [-0.05, 0) is 62.8 Å². The zero-order chi connectivity index (χ0) is 28.2. The lowest BCUT2D eigenvalue weighted by Gasteiger charge is -2.30. The number of carbonyl (C=O) groups is 2. The summed E-state index contributed by atoms with van der Waals surface area (Å²) in [6.45, 7) is 6.68. The second-order valence-electron chi connectivity index (χ2n) is 10.7. The number of benzene rings is 1. The van der Waals surface area contributed by atoms with Crippen molar-refractivity contribution in [3.05, 3.63) is 65.9 Å². The summed E-state index contributed by atoms with van der Waals surface area (Å²) in [5.41, 5.74) is 0.280. The van der Waals surface area contributed by atoms with Crippen molar-refractivity contribution in [3.8, 4) is 0 Å². The Bertz CT molecular complexity index is 1290. The number of hydrogen-bond acceptors (Lipinski definition) is 5. The smallest absolute Gasteiger partial charge is 0.248 e. The lowest BCUT2D eigenvalue weighted by molar-refractivity contribution is -0.138. The summed E-state index contributed by atoms with van der Waals surface area (Å²) in [5.74, 6) is -1.10. The maximum atomic E-state index is 14.4. The van der Waals surface area contributed by atoms with Gasteiger partial charge in [-0.25, -0.2) is 13.8 Å². The number of carbonyl (C=O) groups excluding carboxylic acids is 2. The molecule has 1 aliphatic rings. The molecular weight excluding hydrogens is 504 g/mol.